The summed E-state index contributed by atoms with van der Waals surface area (Å²) in [5.41, 5.74) is 2.40. The van der Waals surface area contributed by atoms with Crippen LogP contribution in [0.25, 0.3) is 10.9 Å². The number of nitrogens with one attached hydrogen (secondary N) is 2. The van der Waals surface area contributed by atoms with Crippen molar-refractivity contribution >= 4 is 38.2 Å². The predicted molar refractivity (Wildman–Crippen MR) is 99.7 cm³/mol. The number of anilines is 2. The van der Waals surface area contributed by atoms with Gasteiger partial charge in [0, 0.05) is 24.0 Å². The summed E-state index contributed by atoms with van der Waals surface area (Å²) in [4.78, 5) is 13.8. The molecule has 0 bridgehead atoms. The van der Waals surface area contributed by atoms with Crippen molar-refractivity contribution in [3.63, 3.8) is 0 Å². The number of carbonyl (C=O) groups is 1. The average Bonchev–Trinajstić information content (AvgIpc) is 3.23. The van der Waals surface area contributed by atoms with E-state index in [9.17, 15) is 13.2 Å². The number of aromatic nitrogens is 2. The quantitative estimate of drug-likeness (QED) is 0.738. The normalized spacial score (nSPS) is 15.0. The number of sulfonamides is 1. The number of hydrogen-bond donors (Lipinski definition) is 2. The van der Waals surface area contributed by atoms with E-state index in [0.717, 1.165) is 17.5 Å². The Hall–Kier alpha value is -2.87. The van der Waals surface area contributed by atoms with Crippen LogP contribution in [0.1, 0.15) is 18.4 Å². The van der Waals surface area contributed by atoms with Crippen LogP contribution < -0.4 is 9.62 Å². The number of para-hydroxylation sites is 1. The van der Waals surface area contributed by atoms with E-state index in [2.05, 4.69) is 14.9 Å². The van der Waals surface area contributed by atoms with Crippen LogP contribution in [0.5, 0.6) is 0 Å². The molecule has 1 aromatic heterocycles. The first-order valence-electron chi connectivity index (χ1n) is 8.32. The van der Waals surface area contributed by atoms with Gasteiger partial charge in [-0.15, -0.1) is 0 Å². The van der Waals surface area contributed by atoms with Crippen molar-refractivity contribution in [3.8, 4) is 0 Å². The molecule has 1 saturated heterocycles. The SMILES string of the molecule is Cc1cc(N2CCCC2=O)ccc1S(=O)(=O)Nc1cccc2cn[nH]c12. The summed E-state index contributed by atoms with van der Waals surface area (Å²) in [5, 5.41) is 7.58. The molecular weight excluding hydrogens is 352 g/mol. The molecule has 26 heavy (non-hydrogen) atoms. The van der Waals surface area contributed by atoms with Crippen LogP contribution in [0, 0.1) is 6.92 Å². The second-order valence-electron chi connectivity index (χ2n) is 6.34. The highest BCUT2D eigenvalue weighted by atomic mass is 32.2. The fourth-order valence-electron chi connectivity index (χ4n) is 3.28. The summed E-state index contributed by atoms with van der Waals surface area (Å²) in [7, 11) is -3.77. The third-order valence-corrected chi connectivity index (χ3v) is 6.08. The minimum Gasteiger partial charge on any atom is -0.312 e. The molecule has 1 fully saturated rings. The van der Waals surface area contributed by atoms with E-state index < -0.39 is 10.0 Å². The third-order valence-electron chi connectivity index (χ3n) is 4.55. The molecule has 0 radical (unpaired) electrons. The van der Waals surface area contributed by atoms with Crippen molar-refractivity contribution < 1.29 is 13.2 Å². The Kier molecular flexibility index (Phi) is 3.91. The molecule has 4 rings (SSSR count). The molecule has 0 saturated carbocycles. The lowest BCUT2D eigenvalue weighted by molar-refractivity contribution is -0.117. The van der Waals surface area contributed by atoms with E-state index in [1.807, 2.05) is 6.07 Å². The lowest BCUT2D eigenvalue weighted by Gasteiger charge is -2.18. The van der Waals surface area contributed by atoms with Crippen LogP contribution >= 0.6 is 0 Å². The van der Waals surface area contributed by atoms with Gasteiger partial charge in [-0.1, -0.05) is 12.1 Å². The van der Waals surface area contributed by atoms with Crippen molar-refractivity contribution in [2.45, 2.75) is 24.7 Å². The van der Waals surface area contributed by atoms with Gasteiger partial charge in [0.2, 0.25) is 5.91 Å². The summed E-state index contributed by atoms with van der Waals surface area (Å²) in [5.74, 6) is 0.0732. The minimum atomic E-state index is -3.77. The number of carbonyl (C=O) groups excluding carboxylic acids is 1. The first-order valence-corrected chi connectivity index (χ1v) is 9.80. The van der Waals surface area contributed by atoms with Crippen LogP contribution in [0.4, 0.5) is 11.4 Å². The van der Waals surface area contributed by atoms with Crippen molar-refractivity contribution in [1.82, 2.24) is 10.2 Å². The summed E-state index contributed by atoms with van der Waals surface area (Å²) in [6.45, 7) is 2.40. The van der Waals surface area contributed by atoms with Crippen molar-refractivity contribution in [3.05, 3.63) is 48.2 Å². The van der Waals surface area contributed by atoms with Crippen molar-refractivity contribution in [2.75, 3.05) is 16.2 Å². The number of nitrogens with zero attached hydrogens (tertiary/aromatic N) is 2. The van der Waals surface area contributed by atoms with Gasteiger partial charge >= 0.3 is 0 Å². The Balaban J connectivity index is 1.67. The number of aromatic amines is 1. The zero-order valence-electron chi connectivity index (χ0n) is 14.2. The Labute approximate surface area is 151 Å². The van der Waals surface area contributed by atoms with Crippen molar-refractivity contribution in [2.24, 2.45) is 0 Å². The second-order valence-corrected chi connectivity index (χ2v) is 7.99. The lowest BCUT2D eigenvalue weighted by atomic mass is 10.2. The molecule has 0 aliphatic carbocycles. The first-order chi connectivity index (χ1) is 12.5. The molecule has 1 amide bonds. The van der Waals surface area contributed by atoms with Gasteiger partial charge in [-0.25, -0.2) is 8.42 Å². The van der Waals surface area contributed by atoms with Gasteiger partial charge in [0.1, 0.15) is 0 Å². The minimum absolute atomic E-state index is 0.0732. The van der Waals surface area contributed by atoms with Gasteiger partial charge in [0.05, 0.1) is 22.3 Å². The number of benzene rings is 2. The fourth-order valence-corrected chi connectivity index (χ4v) is 4.58. The first kappa shape index (κ1) is 16.6. The monoisotopic (exact) mass is 370 g/mol. The Morgan fingerprint density at radius 1 is 1.23 bits per heavy atom. The zero-order chi connectivity index (χ0) is 18.3. The van der Waals surface area contributed by atoms with E-state index in [0.29, 0.717) is 29.7 Å². The van der Waals surface area contributed by atoms with Crippen LogP contribution in [0.3, 0.4) is 0 Å². The second kappa shape index (κ2) is 6.14. The van der Waals surface area contributed by atoms with E-state index in [-0.39, 0.29) is 10.8 Å². The van der Waals surface area contributed by atoms with Crippen LogP contribution in [-0.4, -0.2) is 31.1 Å². The maximum atomic E-state index is 12.9. The highest BCUT2D eigenvalue weighted by molar-refractivity contribution is 7.92. The molecule has 1 aliphatic heterocycles. The number of fused-ring (bicyclic) bond motifs is 1. The van der Waals surface area contributed by atoms with E-state index in [4.69, 9.17) is 0 Å². The molecule has 7 nitrogen and oxygen atoms in total. The van der Waals surface area contributed by atoms with Crippen molar-refractivity contribution in [1.29, 1.82) is 0 Å². The number of hydrogen-bond acceptors (Lipinski definition) is 4. The molecule has 3 aromatic rings. The largest absolute Gasteiger partial charge is 0.312 e. The van der Waals surface area contributed by atoms with Gasteiger partial charge in [-0.05, 0) is 43.2 Å². The topological polar surface area (TPSA) is 95.2 Å². The summed E-state index contributed by atoms with van der Waals surface area (Å²) in [6.07, 6.45) is 3.00. The Morgan fingerprint density at radius 3 is 2.81 bits per heavy atom. The summed E-state index contributed by atoms with van der Waals surface area (Å²) >= 11 is 0. The number of amides is 1. The van der Waals surface area contributed by atoms with Gasteiger partial charge in [-0.2, -0.15) is 5.10 Å². The smallest absolute Gasteiger partial charge is 0.262 e. The summed E-state index contributed by atoms with van der Waals surface area (Å²) < 4.78 is 28.3. The molecule has 8 heteroatoms. The lowest BCUT2D eigenvalue weighted by Crippen LogP contribution is -2.24. The average molecular weight is 370 g/mol. The van der Waals surface area contributed by atoms with Gasteiger partial charge in [0.25, 0.3) is 10.0 Å². The van der Waals surface area contributed by atoms with Crippen LogP contribution in [0.15, 0.2) is 47.5 Å². The molecule has 1 aliphatic rings. The maximum Gasteiger partial charge on any atom is 0.262 e. The molecular formula is C18H18N4O3S. The van der Waals surface area contributed by atoms with Crippen LogP contribution in [0.2, 0.25) is 0 Å². The number of H-pyrrole nitrogens is 1. The number of rotatable bonds is 4. The molecule has 2 aromatic carbocycles. The predicted octanol–water partition coefficient (Wildman–Crippen LogP) is 2.80. The van der Waals surface area contributed by atoms with E-state index in [1.165, 1.54) is 0 Å². The number of aryl methyl sites for hydroxylation is 1. The van der Waals surface area contributed by atoms with E-state index in [1.54, 1.807) is 48.4 Å². The highest BCUT2D eigenvalue weighted by Crippen LogP contribution is 2.28. The molecule has 2 N–H and O–H groups in total. The fraction of sp³-hybridized carbons (Fsp3) is 0.222. The van der Waals surface area contributed by atoms with Gasteiger partial charge in [0.15, 0.2) is 0 Å². The van der Waals surface area contributed by atoms with Crippen LogP contribution in [-0.2, 0) is 14.8 Å². The molecule has 134 valence electrons. The molecule has 2 heterocycles. The third kappa shape index (κ3) is 2.82. The highest BCUT2D eigenvalue weighted by Gasteiger charge is 2.24. The Morgan fingerprint density at radius 2 is 2.08 bits per heavy atom. The van der Waals surface area contributed by atoms with Gasteiger partial charge < -0.3 is 4.90 Å². The summed E-state index contributed by atoms with van der Waals surface area (Å²) in [6, 6.07) is 10.3. The molecule has 0 atom stereocenters. The van der Waals surface area contributed by atoms with Gasteiger partial charge in [-0.3, -0.25) is 14.6 Å². The maximum absolute atomic E-state index is 12.9. The molecule has 0 spiro atoms. The zero-order valence-corrected chi connectivity index (χ0v) is 15.0. The molecule has 0 unspecified atom stereocenters. The Bertz CT molecular complexity index is 1100. The van der Waals surface area contributed by atoms with E-state index >= 15 is 0 Å². The standard InChI is InChI=1S/C18H18N4O3S/c1-12-10-14(22-9-3-6-17(22)23)7-8-16(12)26(24,25)21-15-5-2-4-13-11-19-20-18(13)15/h2,4-5,7-8,10-11,21H,3,6,9H2,1H3,(H,19,20).